The quantitative estimate of drug-likeness (QED) is 0.811. The molecular formula is C13H17FN2. The maximum atomic E-state index is 14.3. The van der Waals surface area contributed by atoms with E-state index in [9.17, 15) is 4.39 Å². The molecule has 2 aliphatic rings. The molecular weight excluding hydrogens is 203 g/mol. The third-order valence-electron chi connectivity index (χ3n) is 3.76. The van der Waals surface area contributed by atoms with E-state index in [0.29, 0.717) is 13.1 Å². The maximum absolute atomic E-state index is 14.3. The van der Waals surface area contributed by atoms with Crippen molar-refractivity contribution in [3.05, 3.63) is 35.9 Å². The maximum Gasteiger partial charge on any atom is 0.141 e. The number of hydrogen-bond acceptors (Lipinski definition) is 2. The van der Waals surface area contributed by atoms with Gasteiger partial charge in [0.1, 0.15) is 5.67 Å². The van der Waals surface area contributed by atoms with Gasteiger partial charge in [-0.05, 0) is 5.56 Å². The van der Waals surface area contributed by atoms with Crippen LogP contribution < -0.4 is 5.32 Å². The Morgan fingerprint density at radius 3 is 2.94 bits per heavy atom. The molecule has 2 atom stereocenters. The lowest BCUT2D eigenvalue weighted by atomic mass is 9.97. The van der Waals surface area contributed by atoms with E-state index in [4.69, 9.17) is 0 Å². The van der Waals surface area contributed by atoms with Crippen LogP contribution in [-0.4, -0.2) is 36.7 Å². The highest BCUT2D eigenvalue weighted by Gasteiger charge is 2.49. The summed E-state index contributed by atoms with van der Waals surface area (Å²) in [7, 11) is 0. The second-order valence-electron chi connectivity index (χ2n) is 5.02. The van der Waals surface area contributed by atoms with E-state index in [1.165, 1.54) is 5.56 Å². The van der Waals surface area contributed by atoms with Crippen molar-refractivity contribution in [2.45, 2.75) is 12.2 Å². The van der Waals surface area contributed by atoms with Crippen LogP contribution in [0.3, 0.4) is 0 Å². The summed E-state index contributed by atoms with van der Waals surface area (Å²) in [6, 6.07) is 10.3. The van der Waals surface area contributed by atoms with Crippen molar-refractivity contribution >= 4 is 0 Å². The van der Waals surface area contributed by atoms with Gasteiger partial charge in [-0.25, -0.2) is 4.39 Å². The molecule has 86 valence electrons. The Bertz CT molecular complexity index is 367. The first-order valence-electron chi connectivity index (χ1n) is 5.92. The molecule has 2 fully saturated rings. The Morgan fingerprint density at radius 2 is 2.19 bits per heavy atom. The number of nitrogens with zero attached hydrogens (tertiary/aromatic N) is 1. The molecule has 0 aliphatic carbocycles. The van der Waals surface area contributed by atoms with Crippen molar-refractivity contribution in [3.8, 4) is 0 Å². The average molecular weight is 220 g/mol. The van der Waals surface area contributed by atoms with Crippen molar-refractivity contribution in [2.75, 3.05) is 26.2 Å². The fourth-order valence-electron chi connectivity index (χ4n) is 2.90. The predicted octanol–water partition coefficient (Wildman–Crippen LogP) is 1.43. The van der Waals surface area contributed by atoms with Gasteiger partial charge in [-0.2, -0.15) is 0 Å². The summed E-state index contributed by atoms with van der Waals surface area (Å²) >= 11 is 0. The van der Waals surface area contributed by atoms with Gasteiger partial charge in [-0.15, -0.1) is 0 Å². The molecule has 0 amide bonds. The fraction of sp³-hybridized carbons (Fsp3) is 0.538. The summed E-state index contributed by atoms with van der Waals surface area (Å²) in [5.41, 5.74) is 0.299. The molecule has 0 radical (unpaired) electrons. The summed E-state index contributed by atoms with van der Waals surface area (Å²) in [4.78, 5) is 2.24. The molecule has 1 N–H and O–H groups in total. The molecule has 0 unspecified atom stereocenters. The number of benzene rings is 1. The van der Waals surface area contributed by atoms with Crippen LogP contribution in [0.15, 0.2) is 30.3 Å². The molecule has 3 rings (SSSR count). The first kappa shape index (κ1) is 10.2. The van der Waals surface area contributed by atoms with E-state index in [-0.39, 0.29) is 5.92 Å². The van der Waals surface area contributed by atoms with Crippen LogP contribution in [-0.2, 0) is 6.54 Å². The molecule has 0 aromatic heterocycles. The zero-order chi connectivity index (χ0) is 11.0. The van der Waals surface area contributed by atoms with Gasteiger partial charge < -0.3 is 5.32 Å². The fourth-order valence-corrected chi connectivity index (χ4v) is 2.90. The van der Waals surface area contributed by atoms with Gasteiger partial charge in [0.15, 0.2) is 0 Å². The summed E-state index contributed by atoms with van der Waals surface area (Å²) in [6.45, 7) is 3.71. The molecule has 2 aliphatic heterocycles. The van der Waals surface area contributed by atoms with E-state index in [0.717, 1.165) is 19.6 Å². The SMILES string of the molecule is F[C@]12CNC[C@H]1CN(Cc1ccccc1)C2. The third kappa shape index (κ3) is 1.74. The van der Waals surface area contributed by atoms with Gasteiger partial charge in [0, 0.05) is 38.6 Å². The Balaban J connectivity index is 1.67. The number of rotatable bonds is 2. The molecule has 1 aromatic rings. The lowest BCUT2D eigenvalue weighted by Gasteiger charge is -2.18. The van der Waals surface area contributed by atoms with E-state index in [2.05, 4.69) is 22.3 Å². The molecule has 3 heteroatoms. The minimum Gasteiger partial charge on any atom is -0.313 e. The number of fused-ring (bicyclic) bond motifs is 1. The van der Waals surface area contributed by atoms with Gasteiger partial charge in [0.2, 0.25) is 0 Å². The lowest BCUT2D eigenvalue weighted by Crippen LogP contribution is -2.34. The topological polar surface area (TPSA) is 15.3 Å². The molecule has 0 spiro atoms. The number of alkyl halides is 1. The minimum atomic E-state index is -0.977. The number of nitrogens with one attached hydrogen (secondary N) is 1. The Kier molecular flexibility index (Phi) is 2.45. The predicted molar refractivity (Wildman–Crippen MR) is 61.9 cm³/mol. The molecule has 2 heterocycles. The van der Waals surface area contributed by atoms with Crippen LogP contribution in [0.1, 0.15) is 5.56 Å². The standard InChI is InChI=1S/C13H17FN2/c14-13-9-15-6-12(13)8-16(10-13)7-11-4-2-1-3-5-11/h1-5,12,15H,6-10H2/t12-,13-/m0/s1. The van der Waals surface area contributed by atoms with Crippen molar-refractivity contribution < 1.29 is 4.39 Å². The number of hydrogen-bond donors (Lipinski definition) is 1. The average Bonchev–Trinajstić information content (AvgIpc) is 2.74. The Morgan fingerprint density at radius 1 is 1.38 bits per heavy atom. The normalized spacial score (nSPS) is 34.2. The zero-order valence-electron chi connectivity index (χ0n) is 9.32. The monoisotopic (exact) mass is 220 g/mol. The summed E-state index contributed by atoms with van der Waals surface area (Å²) in [5.74, 6) is 0.191. The van der Waals surface area contributed by atoms with Gasteiger partial charge >= 0.3 is 0 Å². The van der Waals surface area contributed by atoms with Crippen LogP contribution >= 0.6 is 0 Å². The van der Waals surface area contributed by atoms with E-state index in [1.54, 1.807) is 0 Å². The first-order valence-corrected chi connectivity index (χ1v) is 5.92. The first-order chi connectivity index (χ1) is 7.76. The molecule has 2 saturated heterocycles. The number of halogens is 1. The summed E-state index contributed by atoms with van der Waals surface area (Å²) in [6.07, 6.45) is 0. The van der Waals surface area contributed by atoms with Gasteiger partial charge in [-0.1, -0.05) is 30.3 Å². The summed E-state index contributed by atoms with van der Waals surface area (Å²) < 4.78 is 14.3. The number of likely N-dealkylation sites (tertiary alicyclic amines) is 1. The third-order valence-corrected chi connectivity index (χ3v) is 3.76. The highest BCUT2D eigenvalue weighted by atomic mass is 19.1. The smallest absolute Gasteiger partial charge is 0.141 e. The van der Waals surface area contributed by atoms with Crippen molar-refractivity contribution in [1.82, 2.24) is 10.2 Å². The highest BCUT2D eigenvalue weighted by Crippen LogP contribution is 2.34. The summed E-state index contributed by atoms with van der Waals surface area (Å²) in [5, 5.41) is 3.15. The molecule has 2 nitrogen and oxygen atoms in total. The van der Waals surface area contributed by atoms with Crippen LogP contribution in [0.5, 0.6) is 0 Å². The highest BCUT2D eigenvalue weighted by molar-refractivity contribution is 5.15. The molecule has 16 heavy (non-hydrogen) atoms. The Hall–Kier alpha value is -0.930. The van der Waals surface area contributed by atoms with Crippen LogP contribution in [0.25, 0.3) is 0 Å². The van der Waals surface area contributed by atoms with Gasteiger partial charge in [0.25, 0.3) is 0 Å². The zero-order valence-corrected chi connectivity index (χ0v) is 9.32. The molecule has 0 saturated carbocycles. The minimum absolute atomic E-state index is 0.191. The molecule has 0 bridgehead atoms. The largest absolute Gasteiger partial charge is 0.313 e. The second-order valence-corrected chi connectivity index (χ2v) is 5.02. The van der Waals surface area contributed by atoms with Crippen LogP contribution in [0.2, 0.25) is 0 Å². The Labute approximate surface area is 95.4 Å². The van der Waals surface area contributed by atoms with E-state index >= 15 is 0 Å². The van der Waals surface area contributed by atoms with E-state index in [1.807, 2.05) is 18.2 Å². The van der Waals surface area contributed by atoms with E-state index < -0.39 is 5.67 Å². The van der Waals surface area contributed by atoms with Crippen molar-refractivity contribution in [3.63, 3.8) is 0 Å². The van der Waals surface area contributed by atoms with Crippen LogP contribution in [0.4, 0.5) is 4.39 Å². The lowest BCUT2D eigenvalue weighted by molar-refractivity contribution is 0.161. The van der Waals surface area contributed by atoms with Crippen LogP contribution in [0, 0.1) is 5.92 Å². The van der Waals surface area contributed by atoms with Gasteiger partial charge in [0.05, 0.1) is 0 Å². The van der Waals surface area contributed by atoms with Gasteiger partial charge in [-0.3, -0.25) is 4.90 Å². The second kappa shape index (κ2) is 3.82. The van der Waals surface area contributed by atoms with Crippen molar-refractivity contribution in [2.24, 2.45) is 5.92 Å². The van der Waals surface area contributed by atoms with Crippen molar-refractivity contribution in [1.29, 1.82) is 0 Å². The molecule has 1 aromatic carbocycles.